The fraction of sp³-hybridized carbons (Fsp3) is 0.400. The molecule has 0 bridgehead atoms. The second kappa shape index (κ2) is 7.24. The van der Waals surface area contributed by atoms with Crippen molar-refractivity contribution in [3.63, 3.8) is 0 Å². The highest BCUT2D eigenvalue weighted by atomic mass is 16.6. The van der Waals surface area contributed by atoms with Crippen LogP contribution in [0.5, 0.6) is 0 Å². The second-order valence-corrected chi connectivity index (χ2v) is 3.41. The van der Waals surface area contributed by atoms with Gasteiger partial charge in [-0.15, -0.1) is 0 Å². The zero-order chi connectivity index (χ0) is 14.3. The third kappa shape index (κ3) is 4.48. The quantitative estimate of drug-likeness (QED) is 0.344. The molecular formula is C10H13N3O6. The smallest absolute Gasteiger partial charge is 0.342 e. The van der Waals surface area contributed by atoms with Crippen LogP contribution in [0.4, 0.5) is 11.5 Å². The van der Waals surface area contributed by atoms with Crippen LogP contribution < -0.4 is 5.32 Å². The van der Waals surface area contributed by atoms with Crippen molar-refractivity contribution in [2.45, 2.75) is 0 Å². The summed E-state index contributed by atoms with van der Waals surface area (Å²) in [7, 11) is 0. The van der Waals surface area contributed by atoms with E-state index in [4.69, 9.17) is 14.9 Å². The van der Waals surface area contributed by atoms with Crippen LogP contribution in [0, 0.1) is 10.1 Å². The number of carbonyl (C=O) groups is 1. The molecule has 0 aliphatic heterocycles. The van der Waals surface area contributed by atoms with E-state index in [0.717, 1.165) is 12.3 Å². The summed E-state index contributed by atoms with van der Waals surface area (Å²) in [6.45, 7) is 0.750. The van der Waals surface area contributed by atoms with Crippen molar-refractivity contribution in [3.05, 3.63) is 27.9 Å². The third-order valence-corrected chi connectivity index (χ3v) is 2.10. The van der Waals surface area contributed by atoms with Gasteiger partial charge in [-0.25, -0.2) is 9.78 Å². The second-order valence-electron chi connectivity index (χ2n) is 3.41. The molecule has 1 aromatic heterocycles. The van der Waals surface area contributed by atoms with E-state index < -0.39 is 22.1 Å². The van der Waals surface area contributed by atoms with Gasteiger partial charge >= 0.3 is 11.7 Å². The molecule has 0 aliphatic rings. The van der Waals surface area contributed by atoms with Crippen LogP contribution in [0.25, 0.3) is 0 Å². The van der Waals surface area contributed by atoms with Crippen LogP contribution in [0.2, 0.25) is 0 Å². The molecule has 0 atom stereocenters. The number of pyridine rings is 1. The Labute approximate surface area is 108 Å². The number of aromatic carboxylic acids is 1. The monoisotopic (exact) mass is 271 g/mol. The Morgan fingerprint density at radius 1 is 1.53 bits per heavy atom. The lowest BCUT2D eigenvalue weighted by atomic mass is 10.2. The van der Waals surface area contributed by atoms with Crippen LogP contribution in [0.3, 0.4) is 0 Å². The molecule has 0 spiro atoms. The average molecular weight is 271 g/mol. The molecule has 0 aliphatic carbocycles. The highest BCUT2D eigenvalue weighted by molar-refractivity contribution is 5.93. The van der Waals surface area contributed by atoms with Gasteiger partial charge < -0.3 is 20.3 Å². The van der Waals surface area contributed by atoms with E-state index in [2.05, 4.69) is 10.3 Å². The van der Waals surface area contributed by atoms with E-state index in [1.807, 2.05) is 0 Å². The van der Waals surface area contributed by atoms with Crippen LogP contribution in [0.15, 0.2) is 12.3 Å². The van der Waals surface area contributed by atoms with Gasteiger partial charge in [-0.05, 0) is 0 Å². The van der Waals surface area contributed by atoms with Crippen LogP contribution in [-0.2, 0) is 4.74 Å². The number of nitrogens with zero attached hydrogens (tertiary/aromatic N) is 2. The van der Waals surface area contributed by atoms with Crippen molar-refractivity contribution in [1.82, 2.24) is 4.98 Å². The van der Waals surface area contributed by atoms with Gasteiger partial charge in [0.15, 0.2) is 0 Å². The Bertz CT molecular complexity index is 465. The van der Waals surface area contributed by atoms with E-state index >= 15 is 0 Å². The summed E-state index contributed by atoms with van der Waals surface area (Å²) in [4.78, 5) is 24.4. The SMILES string of the molecule is O=C(O)c1cc(NCCOCCO)ncc1[N+](=O)[O-]. The summed E-state index contributed by atoms with van der Waals surface area (Å²) in [6.07, 6.45) is 0.889. The molecule has 0 radical (unpaired) electrons. The first-order valence-electron chi connectivity index (χ1n) is 5.36. The molecule has 19 heavy (non-hydrogen) atoms. The highest BCUT2D eigenvalue weighted by Crippen LogP contribution is 2.19. The largest absolute Gasteiger partial charge is 0.477 e. The molecule has 0 saturated carbocycles. The average Bonchev–Trinajstić information content (AvgIpc) is 2.38. The number of aromatic nitrogens is 1. The number of aliphatic hydroxyl groups is 1. The predicted molar refractivity (Wildman–Crippen MR) is 64.2 cm³/mol. The Kier molecular flexibility index (Phi) is 5.64. The molecule has 9 nitrogen and oxygen atoms in total. The van der Waals surface area contributed by atoms with E-state index in [-0.39, 0.29) is 19.0 Å². The van der Waals surface area contributed by atoms with Crippen LogP contribution in [0.1, 0.15) is 10.4 Å². The fourth-order valence-electron chi connectivity index (χ4n) is 1.28. The van der Waals surface area contributed by atoms with Gasteiger partial charge in [0.1, 0.15) is 17.6 Å². The zero-order valence-electron chi connectivity index (χ0n) is 9.90. The minimum absolute atomic E-state index is 0.0844. The molecule has 9 heteroatoms. The molecule has 1 aromatic rings. The van der Waals surface area contributed by atoms with Crippen molar-refractivity contribution in [2.24, 2.45) is 0 Å². The first kappa shape index (κ1) is 14.8. The number of nitrogens with one attached hydrogen (secondary N) is 1. The van der Waals surface area contributed by atoms with E-state index in [1.54, 1.807) is 0 Å². The topological polar surface area (TPSA) is 135 Å². The van der Waals surface area contributed by atoms with Crippen molar-refractivity contribution in [1.29, 1.82) is 0 Å². The standard InChI is InChI=1S/C10H13N3O6/c14-2-4-19-3-1-11-9-5-7(10(15)16)8(6-12-9)13(17)18/h5-6,14H,1-4H2,(H,11,12)(H,15,16). The van der Waals surface area contributed by atoms with Gasteiger partial charge in [0.25, 0.3) is 0 Å². The molecule has 3 N–H and O–H groups in total. The molecule has 0 aromatic carbocycles. The lowest BCUT2D eigenvalue weighted by molar-refractivity contribution is -0.385. The first-order chi connectivity index (χ1) is 9.06. The Morgan fingerprint density at radius 3 is 2.84 bits per heavy atom. The highest BCUT2D eigenvalue weighted by Gasteiger charge is 2.20. The number of hydrogen-bond donors (Lipinski definition) is 3. The van der Waals surface area contributed by atoms with Gasteiger partial charge in [0.05, 0.1) is 24.7 Å². The summed E-state index contributed by atoms with van der Waals surface area (Å²) in [5.41, 5.74) is -0.992. The van der Waals surface area contributed by atoms with Gasteiger partial charge in [-0.1, -0.05) is 0 Å². The number of rotatable bonds is 8. The lowest BCUT2D eigenvalue weighted by Crippen LogP contribution is -2.13. The van der Waals surface area contributed by atoms with E-state index in [1.165, 1.54) is 0 Å². The number of carboxylic acid groups (broad SMARTS) is 1. The Hall–Kier alpha value is -2.26. The maximum atomic E-state index is 10.9. The van der Waals surface area contributed by atoms with E-state index in [9.17, 15) is 14.9 Å². The van der Waals surface area contributed by atoms with Gasteiger partial charge in [-0.2, -0.15) is 0 Å². The maximum absolute atomic E-state index is 10.9. The minimum Gasteiger partial charge on any atom is -0.477 e. The summed E-state index contributed by atoms with van der Waals surface area (Å²) in [5.74, 6) is -1.19. The minimum atomic E-state index is -1.39. The zero-order valence-corrected chi connectivity index (χ0v) is 9.90. The molecule has 1 heterocycles. The maximum Gasteiger partial charge on any atom is 0.342 e. The summed E-state index contributed by atoms with van der Waals surface area (Å²) in [5, 5.41) is 30.7. The molecule has 0 saturated heterocycles. The molecule has 1 rings (SSSR count). The van der Waals surface area contributed by atoms with Crippen LogP contribution in [-0.4, -0.2) is 52.5 Å². The molecule has 0 fully saturated rings. The molecular weight excluding hydrogens is 258 g/mol. The summed E-state index contributed by atoms with van der Waals surface area (Å²) < 4.78 is 4.98. The summed E-state index contributed by atoms with van der Waals surface area (Å²) >= 11 is 0. The number of ether oxygens (including phenoxy) is 1. The molecule has 104 valence electrons. The van der Waals surface area contributed by atoms with Crippen molar-refractivity contribution >= 4 is 17.5 Å². The lowest BCUT2D eigenvalue weighted by Gasteiger charge is -2.06. The Morgan fingerprint density at radius 2 is 2.26 bits per heavy atom. The van der Waals surface area contributed by atoms with E-state index in [0.29, 0.717) is 13.2 Å². The number of aliphatic hydroxyl groups excluding tert-OH is 1. The van der Waals surface area contributed by atoms with Crippen molar-refractivity contribution in [2.75, 3.05) is 31.7 Å². The van der Waals surface area contributed by atoms with Crippen molar-refractivity contribution < 1.29 is 24.7 Å². The predicted octanol–water partition coefficient (Wildman–Crippen LogP) is 0.109. The first-order valence-corrected chi connectivity index (χ1v) is 5.36. The number of nitro groups is 1. The molecule has 0 amide bonds. The van der Waals surface area contributed by atoms with Crippen LogP contribution >= 0.6 is 0 Å². The third-order valence-electron chi connectivity index (χ3n) is 2.10. The Balaban J connectivity index is 2.68. The van der Waals surface area contributed by atoms with Gasteiger partial charge in [0.2, 0.25) is 0 Å². The van der Waals surface area contributed by atoms with Gasteiger partial charge in [-0.3, -0.25) is 10.1 Å². The number of hydrogen-bond acceptors (Lipinski definition) is 7. The number of anilines is 1. The molecule has 0 unspecified atom stereocenters. The summed E-state index contributed by atoms with van der Waals surface area (Å²) in [6, 6.07) is 1.09. The normalized spacial score (nSPS) is 10.2. The van der Waals surface area contributed by atoms with Gasteiger partial charge in [0, 0.05) is 12.6 Å². The fourth-order valence-corrected chi connectivity index (χ4v) is 1.28. The number of carboxylic acids is 1. The van der Waals surface area contributed by atoms with Crippen molar-refractivity contribution in [3.8, 4) is 0 Å².